The molecule has 0 aromatic rings. The Morgan fingerprint density at radius 1 is 1.16 bits per heavy atom. The summed E-state index contributed by atoms with van der Waals surface area (Å²) < 4.78 is -0.578. The van der Waals surface area contributed by atoms with Crippen LogP contribution in [0.15, 0.2) is 0 Å². The Labute approximate surface area is 196 Å². The van der Waals surface area contributed by atoms with E-state index in [1.54, 1.807) is 16.7 Å². The van der Waals surface area contributed by atoms with Crippen LogP contribution in [0.2, 0.25) is 0 Å². The molecule has 7 nitrogen and oxygen atoms in total. The van der Waals surface area contributed by atoms with E-state index < -0.39 is 28.7 Å². The van der Waals surface area contributed by atoms with E-state index in [0.717, 1.165) is 44.9 Å². The van der Waals surface area contributed by atoms with Crippen LogP contribution in [0, 0.1) is 17.8 Å². The number of nitrogens with one attached hydrogen (secondary N) is 2. The first-order chi connectivity index (χ1) is 15.4. The number of aliphatic hydroxyl groups excluding tert-OH is 1. The van der Waals surface area contributed by atoms with Gasteiger partial charge in [-0.1, -0.05) is 47.0 Å². The summed E-state index contributed by atoms with van der Waals surface area (Å²) >= 11 is 1.69. The number of hydrogen-bond acceptors (Lipinski definition) is 5. The molecule has 3 N–H and O–H groups in total. The van der Waals surface area contributed by atoms with Gasteiger partial charge in [0.15, 0.2) is 0 Å². The van der Waals surface area contributed by atoms with E-state index in [1.807, 2.05) is 20.8 Å². The molecule has 32 heavy (non-hydrogen) atoms. The van der Waals surface area contributed by atoms with Gasteiger partial charge in [0.25, 0.3) is 0 Å². The molecule has 3 amide bonds. The van der Waals surface area contributed by atoms with E-state index >= 15 is 0 Å². The molecular formula is C24H41N3O4S. The lowest BCUT2D eigenvalue weighted by Crippen LogP contribution is -2.57. The third kappa shape index (κ3) is 4.29. The molecule has 7 atom stereocenters. The molecule has 3 fully saturated rings. The summed E-state index contributed by atoms with van der Waals surface area (Å²) in [5.41, 5.74) is 0. The second kappa shape index (κ2) is 10.8. The molecular weight excluding hydrogens is 426 g/mol. The number of unbranched alkanes of at least 4 members (excludes halogenated alkanes) is 2. The number of fused-ring (bicyclic) bond motifs is 1. The number of carbonyl (C=O) groups excluding carboxylic acids is 3. The van der Waals surface area contributed by atoms with Crippen molar-refractivity contribution in [2.75, 3.05) is 19.7 Å². The molecule has 0 radical (unpaired) electrons. The van der Waals surface area contributed by atoms with Gasteiger partial charge >= 0.3 is 0 Å². The summed E-state index contributed by atoms with van der Waals surface area (Å²) in [7, 11) is 0. The van der Waals surface area contributed by atoms with Gasteiger partial charge in [0.2, 0.25) is 17.7 Å². The molecule has 1 spiro atoms. The van der Waals surface area contributed by atoms with E-state index in [1.165, 1.54) is 0 Å². The molecule has 0 aromatic carbocycles. The minimum atomic E-state index is -0.633. The van der Waals surface area contributed by atoms with Gasteiger partial charge in [0.1, 0.15) is 6.04 Å². The monoisotopic (exact) mass is 467 g/mol. The second-order valence-electron chi connectivity index (χ2n) is 9.73. The average Bonchev–Trinajstić information content (AvgIpc) is 3.43. The lowest BCUT2D eigenvalue weighted by atomic mass is 9.70. The van der Waals surface area contributed by atoms with E-state index in [9.17, 15) is 19.5 Å². The third-order valence-electron chi connectivity index (χ3n) is 7.76. The first-order valence-electron chi connectivity index (χ1n) is 12.5. The standard InChI is InChI=1S/C24H41N3O4S/c1-5-8-9-13-26-22(30)20-24-11-10-17(32-24)18(21(29)25-12-6-2)19(24)23(31)27(20)16(14-28)15(4)7-3/h15-20,28H,5-14H2,1-4H3,(H,25,29)(H,26,30)/t15-,16-,17-,18+,19-,20?,24?/m0/s1. The van der Waals surface area contributed by atoms with Crippen LogP contribution in [0.4, 0.5) is 0 Å². The molecule has 2 unspecified atom stereocenters. The summed E-state index contributed by atoms with van der Waals surface area (Å²) in [4.78, 5) is 42.3. The quantitative estimate of drug-likeness (QED) is 0.383. The molecule has 0 aromatic heterocycles. The van der Waals surface area contributed by atoms with Crippen molar-refractivity contribution in [1.82, 2.24) is 15.5 Å². The van der Waals surface area contributed by atoms with Gasteiger partial charge in [-0.2, -0.15) is 0 Å². The summed E-state index contributed by atoms with van der Waals surface area (Å²) in [5, 5.41) is 16.4. The van der Waals surface area contributed by atoms with Crippen LogP contribution >= 0.6 is 11.8 Å². The number of amides is 3. The van der Waals surface area contributed by atoms with Crippen molar-refractivity contribution >= 4 is 29.5 Å². The Hall–Kier alpha value is -1.28. The molecule has 3 aliphatic rings. The fraction of sp³-hybridized carbons (Fsp3) is 0.875. The molecule has 8 heteroatoms. The first kappa shape index (κ1) is 25.3. The van der Waals surface area contributed by atoms with Gasteiger partial charge in [0.05, 0.1) is 29.2 Å². The molecule has 3 aliphatic heterocycles. The first-order valence-corrected chi connectivity index (χ1v) is 13.4. The minimum absolute atomic E-state index is 0.0580. The van der Waals surface area contributed by atoms with Crippen molar-refractivity contribution in [1.29, 1.82) is 0 Å². The Bertz CT molecular complexity index is 705. The van der Waals surface area contributed by atoms with E-state index in [2.05, 4.69) is 17.6 Å². The fourth-order valence-electron chi connectivity index (χ4n) is 5.91. The van der Waals surface area contributed by atoms with E-state index in [0.29, 0.717) is 13.1 Å². The summed E-state index contributed by atoms with van der Waals surface area (Å²) in [5.74, 6) is -1.13. The number of thioether (sulfide) groups is 1. The van der Waals surface area contributed by atoms with Crippen molar-refractivity contribution in [2.24, 2.45) is 17.8 Å². The number of hydrogen-bond donors (Lipinski definition) is 3. The number of carbonyl (C=O) groups is 3. The maximum absolute atomic E-state index is 13.9. The predicted octanol–water partition coefficient (Wildman–Crippen LogP) is 2.32. The second-order valence-corrected chi connectivity index (χ2v) is 11.3. The SMILES string of the molecule is CCCCCNC(=O)C1N([C@@H](CO)[C@@H](C)CC)C(=O)[C@@H]2[C@H](C(=O)NCCC)[C@@H]3CCC12S3. The van der Waals surface area contributed by atoms with Gasteiger partial charge < -0.3 is 20.6 Å². The summed E-state index contributed by atoms with van der Waals surface area (Å²) in [6.45, 7) is 9.20. The number of rotatable bonds is 12. The van der Waals surface area contributed by atoms with Gasteiger partial charge in [-0.3, -0.25) is 14.4 Å². The smallest absolute Gasteiger partial charge is 0.244 e. The van der Waals surface area contributed by atoms with E-state index in [4.69, 9.17) is 0 Å². The fourth-order valence-corrected chi connectivity index (χ4v) is 8.12. The lowest BCUT2D eigenvalue weighted by Gasteiger charge is -2.39. The molecule has 182 valence electrons. The van der Waals surface area contributed by atoms with Crippen molar-refractivity contribution in [3.63, 3.8) is 0 Å². The highest BCUT2D eigenvalue weighted by atomic mass is 32.2. The van der Waals surface area contributed by atoms with Crippen LogP contribution in [0.5, 0.6) is 0 Å². The van der Waals surface area contributed by atoms with Crippen molar-refractivity contribution < 1.29 is 19.5 Å². The van der Waals surface area contributed by atoms with Crippen molar-refractivity contribution in [3.05, 3.63) is 0 Å². The Kier molecular flexibility index (Phi) is 8.53. The normalized spacial score (nSPS) is 32.7. The maximum atomic E-state index is 13.9. The minimum Gasteiger partial charge on any atom is -0.394 e. The molecule has 3 rings (SSSR count). The number of nitrogens with zero attached hydrogens (tertiary/aromatic N) is 1. The molecule has 3 heterocycles. The van der Waals surface area contributed by atoms with Crippen LogP contribution in [-0.4, -0.2) is 69.5 Å². The summed E-state index contributed by atoms with van der Waals surface area (Å²) in [6, 6.07) is -1.05. The molecule has 3 saturated heterocycles. The van der Waals surface area contributed by atoms with Crippen LogP contribution in [0.1, 0.15) is 72.6 Å². The molecule has 2 bridgehead atoms. The number of likely N-dealkylation sites (tertiary alicyclic amines) is 1. The highest BCUT2D eigenvalue weighted by Crippen LogP contribution is 2.66. The van der Waals surface area contributed by atoms with Gasteiger partial charge in [-0.15, -0.1) is 11.8 Å². The molecule has 0 aliphatic carbocycles. The zero-order chi connectivity index (χ0) is 23.5. The van der Waals surface area contributed by atoms with E-state index in [-0.39, 0.29) is 35.5 Å². The number of aliphatic hydroxyl groups is 1. The molecule has 0 saturated carbocycles. The van der Waals surface area contributed by atoms with Crippen LogP contribution < -0.4 is 10.6 Å². The highest BCUT2D eigenvalue weighted by Gasteiger charge is 2.74. The van der Waals surface area contributed by atoms with Gasteiger partial charge in [-0.05, 0) is 31.6 Å². The van der Waals surface area contributed by atoms with Crippen molar-refractivity contribution in [3.8, 4) is 0 Å². The zero-order valence-corrected chi connectivity index (χ0v) is 20.9. The van der Waals surface area contributed by atoms with Gasteiger partial charge in [-0.25, -0.2) is 0 Å². The lowest BCUT2D eigenvalue weighted by molar-refractivity contribution is -0.143. The highest BCUT2D eigenvalue weighted by molar-refractivity contribution is 8.02. The topological polar surface area (TPSA) is 98.7 Å². The zero-order valence-electron chi connectivity index (χ0n) is 20.1. The third-order valence-corrected chi connectivity index (χ3v) is 9.71. The summed E-state index contributed by atoms with van der Waals surface area (Å²) in [6.07, 6.45) is 6.28. The van der Waals surface area contributed by atoms with Crippen LogP contribution in [-0.2, 0) is 14.4 Å². The maximum Gasteiger partial charge on any atom is 0.244 e. The Balaban J connectivity index is 1.95. The van der Waals surface area contributed by atoms with Gasteiger partial charge in [0, 0.05) is 18.3 Å². The average molecular weight is 468 g/mol. The van der Waals surface area contributed by atoms with Crippen LogP contribution in [0.3, 0.4) is 0 Å². The Morgan fingerprint density at radius 3 is 2.50 bits per heavy atom. The largest absolute Gasteiger partial charge is 0.394 e. The van der Waals surface area contributed by atoms with Crippen LogP contribution in [0.25, 0.3) is 0 Å². The van der Waals surface area contributed by atoms with Crippen molar-refractivity contribution in [2.45, 2.75) is 94.7 Å². The predicted molar refractivity (Wildman–Crippen MR) is 127 cm³/mol. The Morgan fingerprint density at radius 2 is 1.88 bits per heavy atom.